The van der Waals surface area contributed by atoms with Crippen molar-refractivity contribution in [2.75, 3.05) is 20.2 Å². The van der Waals surface area contributed by atoms with E-state index < -0.39 is 11.7 Å². The first-order valence-corrected chi connectivity index (χ1v) is 8.82. The lowest BCUT2D eigenvalue weighted by Crippen LogP contribution is -2.45. The van der Waals surface area contributed by atoms with Crippen LogP contribution in [-0.4, -0.2) is 47.1 Å². The van der Waals surface area contributed by atoms with Crippen LogP contribution in [0.15, 0.2) is 36.7 Å². The summed E-state index contributed by atoms with van der Waals surface area (Å²) in [5.41, 5.74) is -0.425. The van der Waals surface area contributed by atoms with Crippen LogP contribution in [0.1, 0.15) is 24.0 Å². The molecule has 28 heavy (non-hydrogen) atoms. The van der Waals surface area contributed by atoms with Crippen LogP contribution in [0.3, 0.4) is 0 Å². The van der Waals surface area contributed by atoms with Crippen LogP contribution < -0.4 is 9.47 Å². The smallest absolute Gasteiger partial charge is 0.416 e. The minimum atomic E-state index is -4.43. The molecule has 3 rings (SSSR count). The van der Waals surface area contributed by atoms with Gasteiger partial charge in [0.15, 0.2) is 0 Å². The van der Waals surface area contributed by atoms with E-state index in [1.165, 1.54) is 31.6 Å². The van der Waals surface area contributed by atoms with Gasteiger partial charge in [0.2, 0.25) is 5.91 Å². The average Bonchev–Trinajstić information content (AvgIpc) is 2.68. The van der Waals surface area contributed by atoms with Gasteiger partial charge in [0.1, 0.15) is 6.10 Å². The molecule has 0 bridgehead atoms. The monoisotopic (exact) mass is 395 g/mol. The van der Waals surface area contributed by atoms with E-state index in [0.29, 0.717) is 18.7 Å². The van der Waals surface area contributed by atoms with E-state index in [4.69, 9.17) is 9.47 Å². The fourth-order valence-electron chi connectivity index (χ4n) is 3.10. The predicted octanol–water partition coefficient (Wildman–Crippen LogP) is 3.12. The molecule has 1 aromatic heterocycles. The number of likely N-dealkylation sites (tertiary alicyclic amines) is 1. The maximum Gasteiger partial charge on any atom is 0.416 e. The molecular formula is C19H20F3N3O3. The Balaban J connectivity index is 1.63. The first-order chi connectivity index (χ1) is 13.4. The number of carbonyl (C=O) groups is 1. The Morgan fingerprint density at radius 1 is 1.25 bits per heavy atom. The molecule has 1 atom stereocenters. The fourth-order valence-corrected chi connectivity index (χ4v) is 3.10. The van der Waals surface area contributed by atoms with Gasteiger partial charge in [0.25, 0.3) is 11.8 Å². The Morgan fingerprint density at radius 2 is 2.00 bits per heavy atom. The second kappa shape index (κ2) is 8.45. The molecule has 2 heterocycles. The van der Waals surface area contributed by atoms with E-state index in [1.54, 1.807) is 4.90 Å². The molecule has 6 nitrogen and oxygen atoms in total. The van der Waals surface area contributed by atoms with Crippen molar-refractivity contribution >= 4 is 5.91 Å². The van der Waals surface area contributed by atoms with Gasteiger partial charge in [-0.25, -0.2) is 9.97 Å². The van der Waals surface area contributed by atoms with Crippen LogP contribution >= 0.6 is 0 Å². The van der Waals surface area contributed by atoms with Gasteiger partial charge >= 0.3 is 6.18 Å². The number of nitrogens with zero attached hydrogens (tertiary/aromatic N) is 3. The molecule has 1 aromatic carbocycles. The van der Waals surface area contributed by atoms with Crippen molar-refractivity contribution in [2.45, 2.75) is 31.5 Å². The number of alkyl halides is 3. The number of aromatic nitrogens is 2. The zero-order valence-corrected chi connectivity index (χ0v) is 15.3. The quantitative estimate of drug-likeness (QED) is 0.778. The molecule has 1 amide bonds. The van der Waals surface area contributed by atoms with E-state index >= 15 is 0 Å². The molecule has 0 N–H and O–H groups in total. The molecule has 1 fully saturated rings. The zero-order chi connectivity index (χ0) is 20.1. The van der Waals surface area contributed by atoms with Crippen LogP contribution in [0.25, 0.3) is 0 Å². The summed E-state index contributed by atoms with van der Waals surface area (Å²) in [7, 11) is 1.46. The van der Waals surface area contributed by atoms with Crippen LogP contribution in [0.2, 0.25) is 0 Å². The lowest BCUT2D eigenvalue weighted by Gasteiger charge is -2.32. The van der Waals surface area contributed by atoms with Crippen LogP contribution in [0.4, 0.5) is 13.2 Å². The zero-order valence-electron chi connectivity index (χ0n) is 15.3. The normalized spacial score (nSPS) is 17.3. The fraction of sp³-hybridized carbons (Fsp3) is 0.421. The molecule has 0 saturated carbocycles. The molecule has 9 heteroatoms. The van der Waals surface area contributed by atoms with Gasteiger partial charge in [-0.2, -0.15) is 13.2 Å². The highest BCUT2D eigenvalue weighted by molar-refractivity contribution is 5.79. The topological polar surface area (TPSA) is 64.6 Å². The highest BCUT2D eigenvalue weighted by Crippen LogP contribution is 2.30. The Labute approximate surface area is 160 Å². The maximum absolute atomic E-state index is 12.8. The molecule has 0 radical (unpaired) electrons. The summed E-state index contributed by atoms with van der Waals surface area (Å²) < 4.78 is 49.5. The molecule has 1 aliphatic rings. The molecule has 1 saturated heterocycles. The van der Waals surface area contributed by atoms with E-state index in [9.17, 15) is 18.0 Å². The van der Waals surface area contributed by atoms with Crippen molar-refractivity contribution in [3.05, 3.63) is 47.8 Å². The Morgan fingerprint density at radius 3 is 2.71 bits per heavy atom. The lowest BCUT2D eigenvalue weighted by molar-refractivity contribution is -0.138. The number of methoxy groups -OCH3 is 1. The number of benzene rings is 1. The van der Waals surface area contributed by atoms with Gasteiger partial charge in [-0.1, -0.05) is 18.2 Å². The Bertz CT molecular complexity index is 829. The van der Waals surface area contributed by atoms with Crippen LogP contribution in [-0.2, 0) is 17.4 Å². The van der Waals surface area contributed by atoms with E-state index in [0.717, 1.165) is 25.0 Å². The lowest BCUT2D eigenvalue weighted by atomic mass is 10.0. The van der Waals surface area contributed by atoms with E-state index in [-0.39, 0.29) is 30.2 Å². The molecular weight excluding hydrogens is 375 g/mol. The number of halogens is 3. The summed E-state index contributed by atoms with van der Waals surface area (Å²) in [5.74, 6) is 0.274. The van der Waals surface area contributed by atoms with E-state index in [2.05, 4.69) is 9.97 Å². The second-order valence-electron chi connectivity index (χ2n) is 6.47. The SMILES string of the molecule is COc1nccnc1OC1CCCN(C(=O)Cc2cccc(C(F)(F)F)c2)C1. The maximum atomic E-state index is 12.8. The Kier molecular flexibility index (Phi) is 6.01. The highest BCUT2D eigenvalue weighted by Gasteiger charge is 2.31. The van der Waals surface area contributed by atoms with Gasteiger partial charge in [-0.3, -0.25) is 4.79 Å². The first kappa shape index (κ1) is 19.9. The summed E-state index contributed by atoms with van der Waals surface area (Å²) in [5, 5.41) is 0. The first-order valence-electron chi connectivity index (χ1n) is 8.82. The summed E-state index contributed by atoms with van der Waals surface area (Å²) in [4.78, 5) is 22.3. The van der Waals surface area contributed by atoms with Crippen molar-refractivity contribution in [2.24, 2.45) is 0 Å². The third-order valence-corrected chi connectivity index (χ3v) is 4.45. The Hall–Kier alpha value is -2.84. The minimum absolute atomic E-state index is 0.0922. The van der Waals surface area contributed by atoms with E-state index in [1.807, 2.05) is 0 Å². The summed E-state index contributed by atoms with van der Waals surface area (Å²) in [6.45, 7) is 0.868. The number of rotatable bonds is 5. The number of ether oxygens (including phenoxy) is 2. The van der Waals surface area contributed by atoms with Crippen LogP contribution in [0.5, 0.6) is 11.8 Å². The molecule has 2 aromatic rings. The number of hydrogen-bond donors (Lipinski definition) is 0. The summed E-state index contributed by atoms with van der Waals surface area (Å²) >= 11 is 0. The molecule has 0 spiro atoms. The summed E-state index contributed by atoms with van der Waals surface area (Å²) in [6.07, 6.45) is -0.391. The average molecular weight is 395 g/mol. The van der Waals surface area contributed by atoms with Crippen molar-refractivity contribution in [3.63, 3.8) is 0 Å². The third kappa shape index (κ3) is 4.90. The van der Waals surface area contributed by atoms with Gasteiger partial charge in [-0.15, -0.1) is 0 Å². The number of hydrogen-bond acceptors (Lipinski definition) is 5. The van der Waals surface area contributed by atoms with Crippen molar-refractivity contribution in [1.82, 2.24) is 14.9 Å². The number of piperidine rings is 1. The molecule has 1 unspecified atom stereocenters. The van der Waals surface area contributed by atoms with Gasteiger partial charge in [0, 0.05) is 18.9 Å². The van der Waals surface area contributed by atoms with Gasteiger partial charge in [0.05, 0.1) is 25.6 Å². The predicted molar refractivity (Wildman–Crippen MR) is 94.0 cm³/mol. The number of carbonyl (C=O) groups excluding carboxylic acids is 1. The van der Waals surface area contributed by atoms with Crippen LogP contribution in [0, 0.1) is 0 Å². The number of amides is 1. The van der Waals surface area contributed by atoms with Crippen molar-refractivity contribution < 1.29 is 27.4 Å². The molecule has 150 valence electrons. The molecule has 0 aliphatic carbocycles. The van der Waals surface area contributed by atoms with Gasteiger partial charge in [-0.05, 0) is 24.5 Å². The minimum Gasteiger partial charge on any atom is -0.477 e. The third-order valence-electron chi connectivity index (χ3n) is 4.45. The largest absolute Gasteiger partial charge is 0.477 e. The highest BCUT2D eigenvalue weighted by atomic mass is 19.4. The standard InChI is InChI=1S/C19H20F3N3O3/c1-27-17-18(24-8-7-23-17)28-15-6-3-9-25(12-15)16(26)11-13-4-2-5-14(10-13)19(20,21)22/h2,4-5,7-8,10,15H,3,6,9,11-12H2,1H3. The second-order valence-corrected chi connectivity index (χ2v) is 6.47. The summed E-state index contributed by atoms with van der Waals surface area (Å²) in [6, 6.07) is 4.84. The van der Waals surface area contributed by atoms with Crippen molar-refractivity contribution in [3.8, 4) is 11.8 Å². The van der Waals surface area contributed by atoms with Gasteiger partial charge < -0.3 is 14.4 Å². The van der Waals surface area contributed by atoms with Crippen molar-refractivity contribution in [1.29, 1.82) is 0 Å². The molecule has 1 aliphatic heterocycles.